The third-order valence-corrected chi connectivity index (χ3v) is 4.44. The van der Waals surface area contributed by atoms with Crippen molar-refractivity contribution in [3.63, 3.8) is 0 Å². The van der Waals surface area contributed by atoms with Crippen molar-refractivity contribution in [2.75, 3.05) is 20.3 Å². The maximum absolute atomic E-state index is 13.1. The molecule has 3 rings (SSSR count). The fourth-order valence-electron chi connectivity index (χ4n) is 2.88. The van der Waals surface area contributed by atoms with Gasteiger partial charge in [0.15, 0.2) is 11.2 Å². The fraction of sp³-hybridized carbons (Fsp3) is 0.333. The van der Waals surface area contributed by atoms with E-state index in [2.05, 4.69) is 4.98 Å². The Morgan fingerprint density at radius 3 is 2.68 bits per heavy atom. The first-order chi connectivity index (χ1) is 13.5. The number of halogens is 1. The molecule has 0 aliphatic carbocycles. The first-order valence-corrected chi connectivity index (χ1v) is 8.97. The molecule has 0 spiro atoms. The minimum atomic E-state index is -0.593. The van der Waals surface area contributed by atoms with Crippen LogP contribution in [0.3, 0.4) is 0 Å². The van der Waals surface area contributed by atoms with Gasteiger partial charge in [-0.25, -0.2) is 14.3 Å². The molecule has 2 aromatic heterocycles. The van der Waals surface area contributed by atoms with Gasteiger partial charge >= 0.3 is 11.7 Å². The Hall–Kier alpha value is -2.91. The standard InChI is InChI=1S/C18H19ClN4O5/c1-3-28-14(24)10-21-11-20-16-15(21)17(25)22(8-9-27-2)18(26)23(16)13-7-5-4-6-12(13)19/h4-7,11H,3,8-10H2,1-2H3. The average Bonchev–Trinajstić information content (AvgIpc) is 3.07. The van der Waals surface area contributed by atoms with Crippen LogP contribution < -0.4 is 11.2 Å². The van der Waals surface area contributed by atoms with Crippen LogP contribution in [0.1, 0.15) is 6.92 Å². The molecule has 0 aliphatic heterocycles. The lowest BCUT2D eigenvalue weighted by atomic mass is 10.3. The highest BCUT2D eigenvalue weighted by molar-refractivity contribution is 6.32. The molecular weight excluding hydrogens is 388 g/mol. The molecule has 0 fully saturated rings. The van der Waals surface area contributed by atoms with Crippen molar-refractivity contribution in [1.29, 1.82) is 0 Å². The Morgan fingerprint density at radius 2 is 2.00 bits per heavy atom. The van der Waals surface area contributed by atoms with Gasteiger partial charge in [-0.1, -0.05) is 23.7 Å². The monoisotopic (exact) mass is 406 g/mol. The summed E-state index contributed by atoms with van der Waals surface area (Å²) in [5.41, 5.74) is -0.567. The molecule has 1 aromatic carbocycles. The lowest BCUT2D eigenvalue weighted by molar-refractivity contribution is -0.143. The molecule has 0 atom stereocenters. The van der Waals surface area contributed by atoms with Crippen LogP contribution in [0.15, 0.2) is 40.2 Å². The predicted octanol–water partition coefficient (Wildman–Crippen LogP) is 1.21. The van der Waals surface area contributed by atoms with Crippen molar-refractivity contribution < 1.29 is 14.3 Å². The largest absolute Gasteiger partial charge is 0.465 e. The van der Waals surface area contributed by atoms with Crippen molar-refractivity contribution in [1.82, 2.24) is 18.7 Å². The van der Waals surface area contributed by atoms with Crippen LogP contribution in [0.5, 0.6) is 0 Å². The van der Waals surface area contributed by atoms with Crippen molar-refractivity contribution in [2.45, 2.75) is 20.0 Å². The SMILES string of the molecule is CCOC(=O)Cn1cnc2c1c(=O)n(CCOC)c(=O)n2-c1ccccc1Cl. The summed E-state index contributed by atoms with van der Waals surface area (Å²) in [6.45, 7) is 1.91. The Labute approximate surface area is 164 Å². The van der Waals surface area contributed by atoms with E-state index in [0.717, 1.165) is 4.57 Å². The zero-order valence-corrected chi connectivity index (χ0v) is 16.2. The number of rotatable bonds is 7. The molecular formula is C18H19ClN4O5. The van der Waals surface area contributed by atoms with Gasteiger partial charge in [0.1, 0.15) is 6.54 Å². The van der Waals surface area contributed by atoms with Crippen LogP contribution >= 0.6 is 11.6 Å². The van der Waals surface area contributed by atoms with Crippen LogP contribution in [0.4, 0.5) is 0 Å². The summed E-state index contributed by atoms with van der Waals surface area (Å²) < 4.78 is 13.6. The first-order valence-electron chi connectivity index (χ1n) is 8.59. The Balaban J connectivity index is 2.32. The summed E-state index contributed by atoms with van der Waals surface area (Å²) in [5.74, 6) is -0.514. The molecule has 0 aliphatic rings. The molecule has 0 saturated carbocycles. The van der Waals surface area contributed by atoms with E-state index in [4.69, 9.17) is 21.1 Å². The second kappa shape index (κ2) is 8.41. The third-order valence-electron chi connectivity index (χ3n) is 4.12. The number of imidazole rings is 1. The number of nitrogens with zero attached hydrogens (tertiary/aromatic N) is 4. The lowest BCUT2D eigenvalue weighted by Crippen LogP contribution is -2.41. The number of methoxy groups -OCH3 is 1. The van der Waals surface area contributed by atoms with Gasteiger partial charge in [-0.15, -0.1) is 0 Å². The van der Waals surface area contributed by atoms with E-state index in [-0.39, 0.29) is 37.5 Å². The summed E-state index contributed by atoms with van der Waals surface area (Å²) in [6.07, 6.45) is 1.33. The summed E-state index contributed by atoms with van der Waals surface area (Å²) in [5, 5.41) is 0.322. The number of ether oxygens (including phenoxy) is 2. The number of esters is 1. The van der Waals surface area contributed by atoms with E-state index < -0.39 is 17.2 Å². The maximum atomic E-state index is 13.1. The van der Waals surface area contributed by atoms with E-state index in [1.165, 1.54) is 22.6 Å². The van der Waals surface area contributed by atoms with Gasteiger partial charge < -0.3 is 14.0 Å². The van der Waals surface area contributed by atoms with Gasteiger partial charge in [0, 0.05) is 7.11 Å². The van der Waals surface area contributed by atoms with E-state index in [1.54, 1.807) is 31.2 Å². The van der Waals surface area contributed by atoms with E-state index in [9.17, 15) is 14.4 Å². The van der Waals surface area contributed by atoms with Crippen molar-refractivity contribution in [2.24, 2.45) is 0 Å². The Bertz CT molecular complexity index is 1130. The van der Waals surface area contributed by atoms with Crippen LogP contribution in [0.2, 0.25) is 5.02 Å². The van der Waals surface area contributed by atoms with Gasteiger partial charge in [-0.3, -0.25) is 14.2 Å². The van der Waals surface area contributed by atoms with Crippen LogP contribution in [-0.4, -0.2) is 45.0 Å². The highest BCUT2D eigenvalue weighted by Crippen LogP contribution is 2.21. The molecule has 0 amide bonds. The van der Waals surface area contributed by atoms with Gasteiger partial charge in [-0.2, -0.15) is 0 Å². The van der Waals surface area contributed by atoms with Gasteiger partial charge in [-0.05, 0) is 19.1 Å². The summed E-state index contributed by atoms with van der Waals surface area (Å²) in [4.78, 5) is 42.2. The first kappa shape index (κ1) is 19.8. The number of fused-ring (bicyclic) bond motifs is 1. The number of hydrogen-bond acceptors (Lipinski definition) is 6. The van der Waals surface area contributed by atoms with Crippen LogP contribution in [-0.2, 0) is 27.4 Å². The molecule has 10 heteroatoms. The average molecular weight is 407 g/mol. The van der Waals surface area contributed by atoms with Gasteiger partial charge in [0.25, 0.3) is 5.56 Å². The molecule has 0 bridgehead atoms. The minimum Gasteiger partial charge on any atom is -0.465 e. The number of aromatic nitrogens is 4. The van der Waals surface area contributed by atoms with Crippen LogP contribution in [0.25, 0.3) is 16.9 Å². The fourth-order valence-corrected chi connectivity index (χ4v) is 3.10. The number of carbonyl (C=O) groups is 1. The molecule has 0 N–H and O–H groups in total. The van der Waals surface area contributed by atoms with Crippen molar-refractivity contribution >= 4 is 28.7 Å². The summed E-state index contributed by atoms with van der Waals surface area (Å²) in [6, 6.07) is 6.74. The zero-order valence-electron chi connectivity index (χ0n) is 15.4. The molecule has 148 valence electrons. The minimum absolute atomic E-state index is 0.0408. The maximum Gasteiger partial charge on any atom is 0.337 e. The Kier molecular flexibility index (Phi) is 5.96. The highest BCUT2D eigenvalue weighted by Gasteiger charge is 2.21. The molecule has 0 unspecified atom stereocenters. The molecule has 2 heterocycles. The summed E-state index contributed by atoms with van der Waals surface area (Å²) >= 11 is 6.28. The highest BCUT2D eigenvalue weighted by atomic mass is 35.5. The van der Waals surface area contributed by atoms with E-state index in [0.29, 0.717) is 10.7 Å². The number of benzene rings is 1. The molecule has 9 nitrogen and oxygen atoms in total. The normalized spacial score (nSPS) is 11.1. The summed E-state index contributed by atoms with van der Waals surface area (Å²) in [7, 11) is 1.47. The predicted molar refractivity (Wildman–Crippen MR) is 103 cm³/mol. The topological polar surface area (TPSA) is 97.4 Å². The Morgan fingerprint density at radius 1 is 1.25 bits per heavy atom. The second-order valence-electron chi connectivity index (χ2n) is 5.87. The van der Waals surface area contributed by atoms with Crippen molar-refractivity contribution in [3.05, 3.63) is 56.5 Å². The molecule has 28 heavy (non-hydrogen) atoms. The van der Waals surface area contributed by atoms with E-state index >= 15 is 0 Å². The molecule has 0 radical (unpaired) electrons. The third kappa shape index (κ3) is 3.58. The zero-order chi connectivity index (χ0) is 20.3. The van der Waals surface area contributed by atoms with Gasteiger partial charge in [0.2, 0.25) is 0 Å². The smallest absolute Gasteiger partial charge is 0.337 e. The molecule has 0 saturated heterocycles. The second-order valence-corrected chi connectivity index (χ2v) is 6.28. The van der Waals surface area contributed by atoms with Crippen molar-refractivity contribution in [3.8, 4) is 5.69 Å². The van der Waals surface area contributed by atoms with Crippen LogP contribution in [0, 0.1) is 0 Å². The number of carbonyl (C=O) groups excluding carboxylic acids is 1. The quantitative estimate of drug-likeness (QED) is 0.547. The number of hydrogen-bond donors (Lipinski definition) is 0. The van der Waals surface area contributed by atoms with Gasteiger partial charge in [0.05, 0.1) is 36.8 Å². The lowest BCUT2D eigenvalue weighted by Gasteiger charge is -2.13. The number of para-hydroxylation sites is 1. The molecule has 3 aromatic rings. The van der Waals surface area contributed by atoms with E-state index in [1.807, 2.05) is 0 Å².